The van der Waals surface area contributed by atoms with Crippen LogP contribution in [0, 0.1) is 0 Å². The van der Waals surface area contributed by atoms with Crippen LogP contribution in [-0.2, 0) is 24.1 Å². The molecule has 118 valence electrons. The van der Waals surface area contributed by atoms with Gasteiger partial charge in [0.1, 0.15) is 5.56 Å². The van der Waals surface area contributed by atoms with Gasteiger partial charge in [0.2, 0.25) is 0 Å². The van der Waals surface area contributed by atoms with E-state index < -0.39 is 0 Å². The van der Waals surface area contributed by atoms with Gasteiger partial charge in [0.05, 0.1) is 18.5 Å². The number of hydrogen-bond acceptors (Lipinski definition) is 3. The molecule has 1 heterocycles. The smallest absolute Gasteiger partial charge is 0.341 e. The number of esters is 1. The van der Waals surface area contributed by atoms with Gasteiger partial charge in [-0.05, 0) is 30.5 Å². The van der Waals surface area contributed by atoms with Gasteiger partial charge in [-0.2, -0.15) is 5.10 Å². The average molecular weight is 365 g/mol. The second-order valence-electron chi connectivity index (χ2n) is 5.14. The Hall–Kier alpha value is -1.62. The highest BCUT2D eigenvalue weighted by Gasteiger charge is 2.23. The predicted molar refractivity (Wildman–Crippen MR) is 90.2 cm³/mol. The maximum Gasteiger partial charge on any atom is 0.341 e. The van der Waals surface area contributed by atoms with Crippen LogP contribution < -0.4 is 0 Å². The molecule has 0 spiro atoms. The highest BCUT2D eigenvalue weighted by Crippen LogP contribution is 2.21. The lowest BCUT2D eigenvalue weighted by Gasteiger charge is -2.09. The molecule has 0 N–H and O–H groups in total. The lowest BCUT2D eigenvalue weighted by molar-refractivity contribution is 0.0598. The maximum atomic E-state index is 12.2. The molecule has 0 radical (unpaired) electrons. The van der Waals surface area contributed by atoms with Gasteiger partial charge in [0.15, 0.2) is 0 Å². The van der Waals surface area contributed by atoms with E-state index >= 15 is 0 Å². The van der Waals surface area contributed by atoms with Crippen LogP contribution in [0.1, 0.15) is 47.6 Å². The quantitative estimate of drug-likeness (QED) is 0.727. The molecule has 4 nitrogen and oxygen atoms in total. The standard InChI is InChI=1S/C17H21BrN2O2/c1-4-10-20-15(11-12-6-8-13(18)9-7-12)16(17(21)22-3)14(5-2)19-20/h6-9H,4-5,10-11H2,1-3H3. The van der Waals surface area contributed by atoms with Crippen LogP contribution >= 0.6 is 15.9 Å². The SMILES string of the molecule is CCCn1nc(CC)c(C(=O)OC)c1Cc1ccc(Br)cc1. The number of aromatic nitrogens is 2. The fraction of sp³-hybridized carbons (Fsp3) is 0.412. The van der Waals surface area contributed by atoms with Crippen molar-refractivity contribution in [3.63, 3.8) is 0 Å². The fourth-order valence-electron chi connectivity index (χ4n) is 2.51. The monoisotopic (exact) mass is 364 g/mol. The summed E-state index contributed by atoms with van der Waals surface area (Å²) in [6, 6.07) is 8.13. The van der Waals surface area contributed by atoms with Crippen LogP contribution in [0.15, 0.2) is 28.7 Å². The summed E-state index contributed by atoms with van der Waals surface area (Å²) in [5, 5.41) is 4.61. The molecule has 0 amide bonds. The van der Waals surface area contributed by atoms with Crippen LogP contribution in [0.4, 0.5) is 0 Å². The molecule has 1 aromatic heterocycles. The van der Waals surface area contributed by atoms with Crippen molar-refractivity contribution in [2.24, 2.45) is 0 Å². The molecule has 0 saturated carbocycles. The summed E-state index contributed by atoms with van der Waals surface area (Å²) in [6.07, 6.45) is 2.36. The summed E-state index contributed by atoms with van der Waals surface area (Å²) in [6.45, 7) is 4.92. The average Bonchev–Trinajstić information content (AvgIpc) is 2.87. The summed E-state index contributed by atoms with van der Waals surface area (Å²) in [5.74, 6) is -0.300. The number of aryl methyl sites for hydroxylation is 2. The molecule has 0 atom stereocenters. The summed E-state index contributed by atoms with van der Waals surface area (Å²) < 4.78 is 7.96. The lowest BCUT2D eigenvalue weighted by atomic mass is 10.0. The summed E-state index contributed by atoms with van der Waals surface area (Å²) >= 11 is 3.44. The number of methoxy groups -OCH3 is 1. The van der Waals surface area contributed by atoms with Crippen LogP contribution in [0.5, 0.6) is 0 Å². The second-order valence-corrected chi connectivity index (χ2v) is 6.06. The highest BCUT2D eigenvalue weighted by atomic mass is 79.9. The number of nitrogens with zero attached hydrogens (tertiary/aromatic N) is 2. The van der Waals surface area contributed by atoms with Gasteiger partial charge in [-0.1, -0.05) is 41.9 Å². The number of halogens is 1. The topological polar surface area (TPSA) is 44.1 Å². The van der Waals surface area contributed by atoms with Gasteiger partial charge < -0.3 is 4.74 Å². The minimum atomic E-state index is -0.300. The van der Waals surface area contributed by atoms with E-state index in [9.17, 15) is 4.79 Å². The van der Waals surface area contributed by atoms with Gasteiger partial charge in [-0.15, -0.1) is 0 Å². The number of hydrogen-bond donors (Lipinski definition) is 0. The fourth-order valence-corrected chi connectivity index (χ4v) is 2.77. The Bertz CT molecular complexity index is 647. The van der Waals surface area contributed by atoms with E-state index in [1.807, 2.05) is 23.7 Å². The van der Waals surface area contributed by atoms with Gasteiger partial charge in [-0.3, -0.25) is 4.68 Å². The molecule has 0 saturated heterocycles. The zero-order valence-electron chi connectivity index (χ0n) is 13.2. The van der Waals surface area contributed by atoms with E-state index in [-0.39, 0.29) is 5.97 Å². The van der Waals surface area contributed by atoms with Crippen molar-refractivity contribution in [3.8, 4) is 0 Å². The first-order chi connectivity index (χ1) is 10.6. The van der Waals surface area contributed by atoms with Crippen molar-refractivity contribution in [1.29, 1.82) is 0 Å². The molecule has 2 rings (SSSR count). The molecule has 1 aromatic carbocycles. The van der Waals surface area contributed by atoms with E-state index in [4.69, 9.17) is 4.74 Å². The van der Waals surface area contributed by atoms with Crippen molar-refractivity contribution in [2.75, 3.05) is 7.11 Å². The second kappa shape index (κ2) is 7.58. The number of ether oxygens (including phenoxy) is 1. The Morgan fingerprint density at radius 2 is 1.95 bits per heavy atom. The van der Waals surface area contributed by atoms with Gasteiger partial charge in [-0.25, -0.2) is 4.79 Å². The first kappa shape index (κ1) is 16.7. The molecule has 2 aromatic rings. The van der Waals surface area contributed by atoms with Gasteiger partial charge in [0.25, 0.3) is 0 Å². The molecule has 0 aliphatic carbocycles. The minimum Gasteiger partial charge on any atom is -0.465 e. The first-order valence-corrected chi connectivity index (χ1v) is 8.31. The molecule has 0 unspecified atom stereocenters. The van der Waals surface area contributed by atoms with Crippen molar-refractivity contribution in [1.82, 2.24) is 9.78 Å². The van der Waals surface area contributed by atoms with Crippen LogP contribution in [0.3, 0.4) is 0 Å². The van der Waals surface area contributed by atoms with E-state index in [1.165, 1.54) is 7.11 Å². The third kappa shape index (κ3) is 3.58. The van der Waals surface area contributed by atoms with E-state index in [2.05, 4.69) is 40.1 Å². The zero-order valence-corrected chi connectivity index (χ0v) is 14.8. The Labute approximate surface area is 139 Å². The van der Waals surface area contributed by atoms with Gasteiger partial charge >= 0.3 is 5.97 Å². The highest BCUT2D eigenvalue weighted by molar-refractivity contribution is 9.10. The molecule has 0 fully saturated rings. The summed E-state index contributed by atoms with van der Waals surface area (Å²) in [4.78, 5) is 12.2. The Morgan fingerprint density at radius 3 is 2.50 bits per heavy atom. The van der Waals surface area contributed by atoms with E-state index in [1.54, 1.807) is 0 Å². The molecular formula is C17H21BrN2O2. The molecular weight excluding hydrogens is 344 g/mol. The maximum absolute atomic E-state index is 12.2. The zero-order chi connectivity index (χ0) is 16.1. The normalized spacial score (nSPS) is 10.7. The minimum absolute atomic E-state index is 0.300. The van der Waals surface area contributed by atoms with Crippen LogP contribution in [0.2, 0.25) is 0 Å². The lowest BCUT2D eigenvalue weighted by Crippen LogP contribution is -2.10. The number of rotatable bonds is 6. The van der Waals surface area contributed by atoms with E-state index in [0.717, 1.165) is 34.4 Å². The van der Waals surface area contributed by atoms with Crippen LogP contribution in [0.25, 0.3) is 0 Å². The summed E-state index contributed by atoms with van der Waals surface area (Å²) in [5.41, 5.74) is 3.52. The Kier molecular flexibility index (Phi) is 5.77. The third-order valence-electron chi connectivity index (χ3n) is 3.57. The Balaban J connectivity index is 2.47. The number of carbonyl (C=O) groups excluding carboxylic acids is 1. The van der Waals surface area contributed by atoms with Crippen molar-refractivity contribution in [3.05, 3.63) is 51.3 Å². The largest absolute Gasteiger partial charge is 0.465 e. The number of benzene rings is 1. The predicted octanol–water partition coefficient (Wildman–Crippen LogP) is 4.00. The van der Waals surface area contributed by atoms with Crippen molar-refractivity contribution in [2.45, 2.75) is 39.7 Å². The van der Waals surface area contributed by atoms with Crippen LogP contribution in [-0.4, -0.2) is 22.9 Å². The molecule has 0 aliphatic heterocycles. The third-order valence-corrected chi connectivity index (χ3v) is 4.10. The first-order valence-electron chi connectivity index (χ1n) is 7.52. The number of carbonyl (C=O) groups is 1. The van der Waals surface area contributed by atoms with E-state index in [0.29, 0.717) is 18.4 Å². The molecule has 0 aliphatic rings. The summed E-state index contributed by atoms with van der Waals surface area (Å²) in [7, 11) is 1.42. The molecule has 0 bridgehead atoms. The van der Waals surface area contributed by atoms with Crippen molar-refractivity contribution >= 4 is 21.9 Å². The molecule has 22 heavy (non-hydrogen) atoms. The molecule has 5 heteroatoms. The van der Waals surface area contributed by atoms with Crippen molar-refractivity contribution < 1.29 is 9.53 Å². The Morgan fingerprint density at radius 1 is 1.27 bits per heavy atom. The van der Waals surface area contributed by atoms with Gasteiger partial charge in [0, 0.05) is 17.4 Å².